The minimum absolute atomic E-state index is 0.250. The molecule has 0 radical (unpaired) electrons. The Morgan fingerprint density at radius 3 is 2.77 bits per heavy atom. The lowest BCUT2D eigenvalue weighted by Crippen LogP contribution is -2.24. The van der Waals surface area contributed by atoms with E-state index in [2.05, 4.69) is 15.3 Å². The predicted octanol–water partition coefficient (Wildman–Crippen LogP) is 1.60. The average molecular weight is 194 g/mol. The van der Waals surface area contributed by atoms with Crippen LogP contribution in [0, 0.1) is 0 Å². The van der Waals surface area contributed by atoms with Crippen molar-refractivity contribution in [3.05, 3.63) is 24.0 Å². The molecule has 0 aliphatic rings. The zero-order valence-corrected chi connectivity index (χ0v) is 6.69. The first-order chi connectivity index (χ1) is 6.08. The van der Waals surface area contributed by atoms with E-state index in [0.717, 1.165) is 5.56 Å². The van der Waals surface area contributed by atoms with Gasteiger partial charge < -0.3 is 4.98 Å². The number of H-pyrrole nitrogens is 1. The summed E-state index contributed by atoms with van der Waals surface area (Å²) in [5.41, 5.74) is 3.04. The summed E-state index contributed by atoms with van der Waals surface area (Å²) in [6.07, 6.45) is -0.935. The van der Waals surface area contributed by atoms with E-state index >= 15 is 0 Å². The Hall–Kier alpha value is -1.01. The number of rotatable bonds is 4. The van der Waals surface area contributed by atoms with Gasteiger partial charge in [0, 0.05) is 18.9 Å². The monoisotopic (exact) mass is 194 g/mol. The molecular weight excluding hydrogens is 185 g/mol. The average Bonchev–Trinajstić information content (AvgIpc) is 2.48. The van der Waals surface area contributed by atoms with Crippen LogP contribution < -0.4 is 5.48 Å². The van der Waals surface area contributed by atoms with Crippen molar-refractivity contribution in [1.82, 2.24) is 10.5 Å². The van der Waals surface area contributed by atoms with E-state index in [1.807, 2.05) is 0 Å². The number of alkyl halides is 3. The van der Waals surface area contributed by atoms with Crippen molar-refractivity contribution in [2.75, 3.05) is 6.61 Å². The fraction of sp³-hybridized carbons (Fsp3) is 0.429. The number of aromatic nitrogens is 1. The molecular formula is C7H9F3N2O. The van der Waals surface area contributed by atoms with Gasteiger partial charge in [0.05, 0.1) is 0 Å². The van der Waals surface area contributed by atoms with Gasteiger partial charge in [0.15, 0.2) is 6.61 Å². The largest absolute Gasteiger partial charge is 0.413 e. The molecule has 74 valence electrons. The maximum Gasteiger partial charge on any atom is 0.413 e. The van der Waals surface area contributed by atoms with E-state index in [4.69, 9.17) is 0 Å². The smallest absolute Gasteiger partial charge is 0.367 e. The van der Waals surface area contributed by atoms with Gasteiger partial charge in [-0.3, -0.25) is 4.84 Å². The molecule has 0 saturated heterocycles. The highest BCUT2D eigenvalue weighted by atomic mass is 19.4. The van der Waals surface area contributed by atoms with Gasteiger partial charge in [-0.05, 0) is 11.6 Å². The van der Waals surface area contributed by atoms with Crippen LogP contribution in [0.5, 0.6) is 0 Å². The Morgan fingerprint density at radius 1 is 1.46 bits per heavy atom. The number of halogens is 3. The minimum atomic E-state index is -4.29. The molecule has 13 heavy (non-hydrogen) atoms. The summed E-state index contributed by atoms with van der Waals surface area (Å²) in [5, 5.41) is 0. The van der Waals surface area contributed by atoms with Gasteiger partial charge in [0.2, 0.25) is 0 Å². The molecule has 0 unspecified atom stereocenters. The van der Waals surface area contributed by atoms with Crippen molar-refractivity contribution in [2.45, 2.75) is 12.7 Å². The molecule has 3 nitrogen and oxygen atoms in total. The molecule has 0 fully saturated rings. The SMILES string of the molecule is FC(F)(F)CONCc1cc[nH]c1. The molecule has 2 N–H and O–H groups in total. The van der Waals surface area contributed by atoms with Crippen molar-refractivity contribution >= 4 is 0 Å². The molecule has 0 amide bonds. The van der Waals surface area contributed by atoms with Gasteiger partial charge in [-0.1, -0.05) is 0 Å². The normalized spacial score (nSPS) is 11.9. The second kappa shape index (κ2) is 4.29. The van der Waals surface area contributed by atoms with Crippen LogP contribution in [0.25, 0.3) is 0 Å². The molecule has 1 rings (SSSR count). The number of hydrogen-bond acceptors (Lipinski definition) is 2. The molecule has 0 atom stereocenters. The summed E-state index contributed by atoms with van der Waals surface area (Å²) in [4.78, 5) is 6.95. The highest BCUT2D eigenvalue weighted by Gasteiger charge is 2.27. The highest BCUT2D eigenvalue weighted by molar-refractivity contribution is 5.06. The van der Waals surface area contributed by atoms with Crippen molar-refractivity contribution in [3.8, 4) is 0 Å². The molecule has 0 aliphatic carbocycles. The fourth-order valence-corrected chi connectivity index (χ4v) is 0.736. The summed E-state index contributed by atoms with van der Waals surface area (Å²) >= 11 is 0. The van der Waals surface area contributed by atoms with Crippen LogP contribution in [0.4, 0.5) is 13.2 Å². The van der Waals surface area contributed by atoms with Gasteiger partial charge in [0.1, 0.15) is 0 Å². The van der Waals surface area contributed by atoms with Crippen molar-refractivity contribution in [2.24, 2.45) is 0 Å². The summed E-state index contributed by atoms with van der Waals surface area (Å²) in [7, 11) is 0. The number of hydrogen-bond donors (Lipinski definition) is 2. The van der Waals surface area contributed by atoms with Crippen LogP contribution in [-0.2, 0) is 11.4 Å². The van der Waals surface area contributed by atoms with E-state index in [-0.39, 0.29) is 6.54 Å². The van der Waals surface area contributed by atoms with Crippen molar-refractivity contribution in [1.29, 1.82) is 0 Å². The number of nitrogens with one attached hydrogen (secondary N) is 2. The zero-order chi connectivity index (χ0) is 9.73. The zero-order valence-electron chi connectivity index (χ0n) is 6.69. The predicted molar refractivity (Wildman–Crippen MR) is 39.6 cm³/mol. The summed E-state index contributed by atoms with van der Waals surface area (Å²) in [6.45, 7) is -1.03. The van der Waals surface area contributed by atoms with E-state index in [1.165, 1.54) is 0 Å². The molecule has 1 heterocycles. The third-order valence-electron chi connectivity index (χ3n) is 1.28. The fourth-order valence-electron chi connectivity index (χ4n) is 0.736. The molecule has 0 spiro atoms. The molecule has 0 aliphatic heterocycles. The van der Waals surface area contributed by atoms with Crippen LogP contribution in [0.15, 0.2) is 18.5 Å². The van der Waals surface area contributed by atoms with Crippen LogP contribution in [-0.4, -0.2) is 17.8 Å². The Kier molecular flexibility index (Phi) is 3.32. The van der Waals surface area contributed by atoms with Crippen molar-refractivity contribution < 1.29 is 18.0 Å². The summed E-state index contributed by atoms with van der Waals surface area (Å²) < 4.78 is 34.7. The lowest BCUT2D eigenvalue weighted by atomic mass is 10.3. The number of aromatic amines is 1. The van der Waals surface area contributed by atoms with Gasteiger partial charge in [-0.2, -0.15) is 18.7 Å². The Labute approximate surface area is 72.8 Å². The molecule has 0 aromatic carbocycles. The van der Waals surface area contributed by atoms with Crippen LogP contribution in [0.2, 0.25) is 0 Å². The topological polar surface area (TPSA) is 37.0 Å². The van der Waals surface area contributed by atoms with Crippen LogP contribution >= 0.6 is 0 Å². The van der Waals surface area contributed by atoms with Gasteiger partial charge in [0.25, 0.3) is 0 Å². The lowest BCUT2D eigenvalue weighted by molar-refractivity contribution is -0.190. The molecule has 0 bridgehead atoms. The van der Waals surface area contributed by atoms with Crippen LogP contribution in [0.3, 0.4) is 0 Å². The van der Waals surface area contributed by atoms with Crippen LogP contribution in [0.1, 0.15) is 5.56 Å². The molecule has 1 aromatic rings. The molecule has 1 aromatic heterocycles. The summed E-state index contributed by atoms with van der Waals surface area (Å²) in [5.74, 6) is 0. The lowest BCUT2D eigenvalue weighted by Gasteiger charge is -2.07. The number of hydroxylamine groups is 1. The molecule has 6 heteroatoms. The Morgan fingerprint density at radius 2 is 2.23 bits per heavy atom. The maximum absolute atomic E-state index is 11.6. The highest BCUT2D eigenvalue weighted by Crippen LogP contribution is 2.13. The van der Waals surface area contributed by atoms with E-state index in [1.54, 1.807) is 18.5 Å². The first-order valence-corrected chi connectivity index (χ1v) is 3.61. The second-order valence-electron chi connectivity index (χ2n) is 2.44. The van der Waals surface area contributed by atoms with E-state index in [0.29, 0.717) is 0 Å². The van der Waals surface area contributed by atoms with E-state index < -0.39 is 12.8 Å². The van der Waals surface area contributed by atoms with E-state index in [9.17, 15) is 13.2 Å². The standard InChI is InChI=1S/C7H9F3N2O/c8-7(9,10)5-13-12-4-6-1-2-11-3-6/h1-3,11-12H,4-5H2. The van der Waals surface area contributed by atoms with Gasteiger partial charge >= 0.3 is 6.18 Å². The first kappa shape index (κ1) is 10.1. The van der Waals surface area contributed by atoms with Gasteiger partial charge in [-0.15, -0.1) is 0 Å². The maximum atomic E-state index is 11.6. The van der Waals surface area contributed by atoms with Crippen molar-refractivity contribution in [3.63, 3.8) is 0 Å². The second-order valence-corrected chi connectivity index (χ2v) is 2.44. The summed E-state index contributed by atoms with van der Waals surface area (Å²) in [6, 6.07) is 1.74. The third-order valence-corrected chi connectivity index (χ3v) is 1.28. The van der Waals surface area contributed by atoms with Gasteiger partial charge in [-0.25, -0.2) is 0 Å². The third kappa shape index (κ3) is 4.54. The Balaban J connectivity index is 2.09. The Bertz CT molecular complexity index is 232. The quantitative estimate of drug-likeness (QED) is 0.564. The minimum Gasteiger partial charge on any atom is -0.367 e. The first-order valence-electron chi connectivity index (χ1n) is 3.61. The molecule has 0 saturated carbocycles.